The van der Waals surface area contributed by atoms with Crippen molar-refractivity contribution < 1.29 is 18.3 Å². The fourth-order valence-electron chi connectivity index (χ4n) is 2.01. The number of halogens is 4. The van der Waals surface area contributed by atoms with Crippen LogP contribution in [0.15, 0.2) is 30.3 Å². The maximum absolute atomic E-state index is 13.1. The highest BCUT2D eigenvalue weighted by Crippen LogP contribution is 2.31. The molecule has 5 nitrogen and oxygen atoms in total. The molecule has 0 amide bonds. The van der Waals surface area contributed by atoms with Crippen molar-refractivity contribution in [3.8, 4) is 0 Å². The summed E-state index contributed by atoms with van der Waals surface area (Å²) >= 11 is 2.08. The molecular formula is C16H18F3IN4O. The smallest absolute Gasteiger partial charge is 0.394 e. The standard InChI is InChI=1S/C16H18F3IN4O/c1-9(2)12(8-25)22-15-23-13(16(17,18)19)7-14(24-15)21-11-6-4-3-5-10(11)20/h3-7,9,12,25H,8H2,1-2H3,(H2,21,22,23,24)/t12-/m1/s1. The first-order chi connectivity index (χ1) is 11.7. The highest BCUT2D eigenvalue weighted by atomic mass is 127. The van der Waals surface area contributed by atoms with E-state index in [4.69, 9.17) is 0 Å². The molecule has 1 atom stereocenters. The lowest BCUT2D eigenvalue weighted by Gasteiger charge is -2.21. The fourth-order valence-corrected chi connectivity index (χ4v) is 2.53. The third-order valence-corrected chi connectivity index (χ3v) is 4.41. The third-order valence-electron chi connectivity index (χ3n) is 3.47. The van der Waals surface area contributed by atoms with Crippen molar-refractivity contribution in [1.29, 1.82) is 0 Å². The number of nitrogens with one attached hydrogen (secondary N) is 2. The van der Waals surface area contributed by atoms with Crippen LogP contribution < -0.4 is 10.6 Å². The van der Waals surface area contributed by atoms with Crippen molar-refractivity contribution in [2.24, 2.45) is 5.92 Å². The van der Waals surface area contributed by atoms with Gasteiger partial charge >= 0.3 is 6.18 Å². The summed E-state index contributed by atoms with van der Waals surface area (Å²) in [5.41, 5.74) is -0.415. The van der Waals surface area contributed by atoms with Crippen LogP contribution in [-0.4, -0.2) is 27.7 Å². The van der Waals surface area contributed by atoms with E-state index < -0.39 is 17.9 Å². The van der Waals surface area contributed by atoms with Gasteiger partial charge in [0.1, 0.15) is 5.82 Å². The van der Waals surface area contributed by atoms with Gasteiger partial charge in [0.25, 0.3) is 0 Å². The summed E-state index contributed by atoms with van der Waals surface area (Å²) in [6, 6.07) is 7.58. The molecule has 0 aliphatic heterocycles. The number of rotatable bonds is 6. The summed E-state index contributed by atoms with van der Waals surface area (Å²) < 4.78 is 40.3. The van der Waals surface area contributed by atoms with Gasteiger partial charge in [-0.25, -0.2) is 4.98 Å². The van der Waals surface area contributed by atoms with E-state index in [0.29, 0.717) is 5.69 Å². The molecule has 1 aromatic heterocycles. The third kappa shape index (κ3) is 5.43. The molecule has 3 N–H and O–H groups in total. The molecule has 0 unspecified atom stereocenters. The van der Waals surface area contributed by atoms with Crippen LogP contribution in [0.3, 0.4) is 0 Å². The molecule has 25 heavy (non-hydrogen) atoms. The molecule has 0 radical (unpaired) electrons. The highest BCUT2D eigenvalue weighted by Gasteiger charge is 2.34. The Bertz CT molecular complexity index is 725. The molecule has 0 aliphatic rings. The number of aliphatic hydroxyl groups is 1. The Labute approximate surface area is 157 Å². The monoisotopic (exact) mass is 466 g/mol. The molecule has 1 heterocycles. The Kier molecular flexibility index (Phi) is 6.44. The summed E-state index contributed by atoms with van der Waals surface area (Å²) in [5.74, 6) is -0.167. The molecule has 9 heteroatoms. The molecule has 1 aromatic carbocycles. The SMILES string of the molecule is CC(C)[C@@H](CO)Nc1nc(Nc2ccccc2I)cc(C(F)(F)F)n1. The van der Waals surface area contributed by atoms with Crippen molar-refractivity contribution in [3.63, 3.8) is 0 Å². The van der Waals surface area contributed by atoms with Gasteiger partial charge in [-0.15, -0.1) is 0 Å². The van der Waals surface area contributed by atoms with E-state index in [1.807, 2.05) is 26.0 Å². The predicted octanol–water partition coefficient (Wildman–Crippen LogP) is 4.27. The summed E-state index contributed by atoms with van der Waals surface area (Å²) in [5, 5.41) is 15.0. The Morgan fingerprint density at radius 1 is 1.20 bits per heavy atom. The average molecular weight is 466 g/mol. The lowest BCUT2D eigenvalue weighted by molar-refractivity contribution is -0.141. The highest BCUT2D eigenvalue weighted by molar-refractivity contribution is 14.1. The van der Waals surface area contributed by atoms with Gasteiger partial charge in [-0.3, -0.25) is 0 Å². The second kappa shape index (κ2) is 8.17. The van der Waals surface area contributed by atoms with Gasteiger partial charge in [0, 0.05) is 9.64 Å². The van der Waals surface area contributed by atoms with Crippen LogP contribution in [0.2, 0.25) is 0 Å². The van der Waals surface area contributed by atoms with Gasteiger partial charge in [-0.1, -0.05) is 26.0 Å². The molecule has 0 aliphatic carbocycles. The Morgan fingerprint density at radius 2 is 1.88 bits per heavy atom. The number of hydrogen-bond acceptors (Lipinski definition) is 5. The van der Waals surface area contributed by atoms with E-state index in [2.05, 4.69) is 43.2 Å². The number of aromatic nitrogens is 2. The fraction of sp³-hybridized carbons (Fsp3) is 0.375. The minimum atomic E-state index is -4.60. The lowest BCUT2D eigenvalue weighted by atomic mass is 10.1. The van der Waals surface area contributed by atoms with E-state index in [1.165, 1.54) is 0 Å². The van der Waals surface area contributed by atoms with Crippen LogP contribution in [0.5, 0.6) is 0 Å². The first-order valence-electron chi connectivity index (χ1n) is 7.56. The molecule has 0 saturated carbocycles. The second-order valence-corrected chi connectivity index (χ2v) is 6.90. The zero-order valence-electron chi connectivity index (χ0n) is 13.6. The number of benzene rings is 1. The quantitative estimate of drug-likeness (QED) is 0.555. The summed E-state index contributed by atoms with van der Waals surface area (Å²) in [6.45, 7) is 3.44. The normalized spacial score (nSPS) is 13.0. The molecule has 0 spiro atoms. The predicted molar refractivity (Wildman–Crippen MR) is 98.8 cm³/mol. The Balaban J connectivity index is 2.38. The number of anilines is 3. The average Bonchev–Trinajstić information content (AvgIpc) is 2.53. The second-order valence-electron chi connectivity index (χ2n) is 5.74. The number of aliphatic hydroxyl groups excluding tert-OH is 1. The molecule has 0 bridgehead atoms. The van der Waals surface area contributed by atoms with E-state index >= 15 is 0 Å². The molecule has 0 fully saturated rings. The Morgan fingerprint density at radius 3 is 2.44 bits per heavy atom. The van der Waals surface area contributed by atoms with Crippen LogP contribution in [-0.2, 0) is 6.18 Å². The van der Waals surface area contributed by atoms with E-state index in [0.717, 1.165) is 9.64 Å². The van der Waals surface area contributed by atoms with Gasteiger partial charge in [-0.05, 0) is 40.6 Å². The Hall–Kier alpha value is -1.62. The maximum atomic E-state index is 13.1. The first kappa shape index (κ1) is 19.7. The van der Waals surface area contributed by atoms with Gasteiger partial charge in [0.15, 0.2) is 5.69 Å². The van der Waals surface area contributed by atoms with Crippen LogP contribution in [0.25, 0.3) is 0 Å². The molecule has 0 saturated heterocycles. The van der Waals surface area contributed by atoms with Gasteiger partial charge in [-0.2, -0.15) is 18.2 Å². The zero-order valence-corrected chi connectivity index (χ0v) is 15.8. The number of nitrogens with zero attached hydrogens (tertiary/aromatic N) is 2. The summed E-state index contributed by atoms with van der Waals surface area (Å²) in [6.07, 6.45) is -4.60. The van der Waals surface area contributed by atoms with Gasteiger partial charge in [0.2, 0.25) is 5.95 Å². The van der Waals surface area contributed by atoms with Crippen molar-refractivity contribution >= 4 is 40.0 Å². The van der Waals surface area contributed by atoms with Gasteiger partial charge < -0.3 is 15.7 Å². The molecule has 2 rings (SSSR count). The summed E-state index contributed by atoms with van der Waals surface area (Å²) in [4.78, 5) is 7.64. The van der Waals surface area contributed by atoms with Crippen LogP contribution in [0.4, 0.5) is 30.6 Å². The van der Waals surface area contributed by atoms with Crippen LogP contribution in [0, 0.1) is 9.49 Å². The van der Waals surface area contributed by atoms with Crippen molar-refractivity contribution in [1.82, 2.24) is 9.97 Å². The largest absolute Gasteiger partial charge is 0.433 e. The number of para-hydroxylation sites is 1. The first-order valence-corrected chi connectivity index (χ1v) is 8.63. The van der Waals surface area contributed by atoms with Crippen molar-refractivity contribution in [2.75, 3.05) is 17.2 Å². The van der Waals surface area contributed by atoms with Crippen LogP contribution in [0.1, 0.15) is 19.5 Å². The molecule has 2 aromatic rings. The number of hydrogen-bond donors (Lipinski definition) is 3. The zero-order chi connectivity index (χ0) is 18.6. The van der Waals surface area contributed by atoms with E-state index in [1.54, 1.807) is 12.1 Å². The lowest BCUT2D eigenvalue weighted by Crippen LogP contribution is -2.30. The minimum absolute atomic E-state index is 0.00498. The molecular weight excluding hydrogens is 448 g/mol. The van der Waals surface area contributed by atoms with E-state index in [-0.39, 0.29) is 24.3 Å². The number of alkyl halides is 3. The molecule has 136 valence electrons. The van der Waals surface area contributed by atoms with E-state index in [9.17, 15) is 18.3 Å². The van der Waals surface area contributed by atoms with Gasteiger partial charge in [0.05, 0.1) is 18.3 Å². The minimum Gasteiger partial charge on any atom is -0.394 e. The summed E-state index contributed by atoms with van der Waals surface area (Å²) in [7, 11) is 0. The maximum Gasteiger partial charge on any atom is 0.433 e. The topological polar surface area (TPSA) is 70.1 Å². The van der Waals surface area contributed by atoms with Crippen LogP contribution >= 0.6 is 22.6 Å². The van der Waals surface area contributed by atoms with Crippen molar-refractivity contribution in [3.05, 3.63) is 39.6 Å². The van der Waals surface area contributed by atoms with Crippen molar-refractivity contribution in [2.45, 2.75) is 26.1 Å².